The van der Waals surface area contributed by atoms with Gasteiger partial charge in [-0.2, -0.15) is 0 Å². The maximum Gasteiger partial charge on any atom is 0.255 e. The summed E-state index contributed by atoms with van der Waals surface area (Å²) in [4.78, 5) is 17.0. The highest BCUT2D eigenvalue weighted by Gasteiger charge is 2.17. The fourth-order valence-corrected chi connectivity index (χ4v) is 2.00. The van der Waals surface area contributed by atoms with Crippen molar-refractivity contribution in [1.29, 1.82) is 0 Å². The van der Waals surface area contributed by atoms with Gasteiger partial charge in [-0.3, -0.25) is 4.79 Å². The van der Waals surface area contributed by atoms with Crippen LogP contribution in [0.4, 0.5) is 4.39 Å². The number of carbonyl (C=O) groups excluding carboxylic acids is 1. The van der Waals surface area contributed by atoms with Crippen molar-refractivity contribution in [3.8, 4) is 11.1 Å². The monoisotopic (exact) mass is 275 g/mol. The van der Waals surface area contributed by atoms with Crippen molar-refractivity contribution in [2.75, 3.05) is 27.2 Å². The predicted molar refractivity (Wildman–Crippen MR) is 77.1 cm³/mol. The van der Waals surface area contributed by atoms with E-state index in [9.17, 15) is 9.18 Å². The van der Waals surface area contributed by atoms with Crippen molar-refractivity contribution in [2.45, 2.75) is 0 Å². The summed E-state index contributed by atoms with van der Waals surface area (Å²) in [5, 5.41) is 3.01. The SMILES string of the molecule is CNCCN(C)C(=O)c1c[nH]cc1-c1ccc(F)cc1. The molecule has 0 fully saturated rings. The lowest BCUT2D eigenvalue weighted by atomic mass is 10.0. The van der Waals surface area contributed by atoms with Gasteiger partial charge in [0.2, 0.25) is 0 Å². The van der Waals surface area contributed by atoms with Crippen molar-refractivity contribution < 1.29 is 9.18 Å². The Bertz CT molecular complexity index is 577. The third-order valence-corrected chi connectivity index (χ3v) is 3.18. The standard InChI is InChI=1S/C15H18FN3O/c1-17-7-8-19(2)15(20)14-10-18-9-13(14)11-3-5-12(16)6-4-11/h3-6,9-10,17-18H,7-8H2,1-2H3. The van der Waals surface area contributed by atoms with E-state index in [1.807, 2.05) is 7.05 Å². The lowest BCUT2D eigenvalue weighted by Gasteiger charge is -2.17. The molecular formula is C15H18FN3O. The van der Waals surface area contributed by atoms with Gasteiger partial charge in [0.1, 0.15) is 5.82 Å². The van der Waals surface area contributed by atoms with E-state index in [2.05, 4.69) is 10.3 Å². The molecule has 2 aromatic rings. The van der Waals surface area contributed by atoms with Gasteiger partial charge in [-0.05, 0) is 24.7 Å². The van der Waals surface area contributed by atoms with Crippen molar-refractivity contribution in [2.24, 2.45) is 0 Å². The van der Waals surface area contributed by atoms with Crippen LogP contribution in [0.2, 0.25) is 0 Å². The van der Waals surface area contributed by atoms with E-state index in [0.717, 1.165) is 17.7 Å². The number of nitrogens with one attached hydrogen (secondary N) is 2. The molecule has 0 atom stereocenters. The summed E-state index contributed by atoms with van der Waals surface area (Å²) in [5.41, 5.74) is 2.19. The molecule has 0 radical (unpaired) electrons. The van der Waals surface area contributed by atoms with E-state index < -0.39 is 0 Å². The molecule has 0 bridgehead atoms. The highest BCUT2D eigenvalue weighted by molar-refractivity contribution is 6.00. The summed E-state index contributed by atoms with van der Waals surface area (Å²) < 4.78 is 13.0. The summed E-state index contributed by atoms with van der Waals surface area (Å²) in [6.45, 7) is 1.36. The first kappa shape index (κ1) is 14.3. The van der Waals surface area contributed by atoms with E-state index in [4.69, 9.17) is 0 Å². The lowest BCUT2D eigenvalue weighted by molar-refractivity contribution is 0.0798. The van der Waals surface area contributed by atoms with Gasteiger partial charge < -0.3 is 15.2 Å². The second kappa shape index (κ2) is 6.34. The van der Waals surface area contributed by atoms with Gasteiger partial charge in [0.05, 0.1) is 5.56 Å². The summed E-state index contributed by atoms with van der Waals surface area (Å²) in [7, 11) is 3.61. The number of benzene rings is 1. The van der Waals surface area contributed by atoms with Gasteiger partial charge in [-0.25, -0.2) is 4.39 Å². The maximum atomic E-state index is 13.0. The number of nitrogens with zero attached hydrogens (tertiary/aromatic N) is 1. The molecular weight excluding hydrogens is 257 g/mol. The van der Waals surface area contributed by atoms with E-state index in [-0.39, 0.29) is 11.7 Å². The summed E-state index contributed by atoms with van der Waals surface area (Å²) in [5.74, 6) is -0.343. The second-order valence-electron chi connectivity index (χ2n) is 4.62. The van der Waals surface area contributed by atoms with Crippen LogP contribution in [0.15, 0.2) is 36.7 Å². The Labute approximate surface area is 117 Å². The van der Waals surface area contributed by atoms with Gasteiger partial charge in [0, 0.05) is 38.1 Å². The van der Waals surface area contributed by atoms with Crippen LogP contribution in [0.25, 0.3) is 11.1 Å². The Morgan fingerprint density at radius 3 is 2.65 bits per heavy atom. The Balaban J connectivity index is 2.24. The third-order valence-electron chi connectivity index (χ3n) is 3.18. The minimum atomic E-state index is -0.289. The van der Waals surface area contributed by atoms with Crippen LogP contribution < -0.4 is 5.32 Å². The van der Waals surface area contributed by atoms with Crippen LogP contribution >= 0.6 is 0 Å². The number of aromatic nitrogens is 1. The topological polar surface area (TPSA) is 48.1 Å². The number of aromatic amines is 1. The van der Waals surface area contributed by atoms with E-state index in [0.29, 0.717) is 12.1 Å². The third kappa shape index (κ3) is 3.05. The highest BCUT2D eigenvalue weighted by atomic mass is 19.1. The first-order valence-corrected chi connectivity index (χ1v) is 6.46. The highest BCUT2D eigenvalue weighted by Crippen LogP contribution is 2.24. The molecule has 0 aliphatic heterocycles. The molecule has 0 spiro atoms. The number of rotatable bonds is 5. The molecule has 2 N–H and O–H groups in total. The number of hydrogen-bond donors (Lipinski definition) is 2. The number of hydrogen-bond acceptors (Lipinski definition) is 2. The van der Waals surface area contributed by atoms with Crippen LogP contribution in [0.5, 0.6) is 0 Å². The van der Waals surface area contributed by atoms with Crippen molar-refractivity contribution in [3.05, 3.63) is 48.0 Å². The normalized spacial score (nSPS) is 10.6. The summed E-state index contributed by atoms with van der Waals surface area (Å²) in [6.07, 6.45) is 3.43. The fourth-order valence-electron chi connectivity index (χ4n) is 2.00. The molecule has 0 aliphatic carbocycles. The molecule has 1 aromatic heterocycles. The zero-order chi connectivity index (χ0) is 14.5. The molecule has 0 saturated carbocycles. The molecule has 1 aromatic carbocycles. The molecule has 5 heteroatoms. The van der Waals surface area contributed by atoms with Crippen LogP contribution in [-0.4, -0.2) is 43.0 Å². The molecule has 0 unspecified atom stereocenters. The molecule has 2 rings (SSSR count). The Kier molecular flexibility index (Phi) is 4.53. The largest absolute Gasteiger partial charge is 0.366 e. The summed E-state index contributed by atoms with van der Waals surface area (Å²) >= 11 is 0. The lowest BCUT2D eigenvalue weighted by Crippen LogP contribution is -2.32. The molecule has 0 saturated heterocycles. The summed E-state index contributed by atoms with van der Waals surface area (Å²) in [6, 6.07) is 6.12. The quantitative estimate of drug-likeness (QED) is 0.878. The van der Waals surface area contributed by atoms with Crippen molar-refractivity contribution in [3.63, 3.8) is 0 Å². The smallest absolute Gasteiger partial charge is 0.255 e. The van der Waals surface area contributed by atoms with E-state index >= 15 is 0 Å². The van der Waals surface area contributed by atoms with Crippen LogP contribution in [-0.2, 0) is 0 Å². The Morgan fingerprint density at radius 1 is 1.30 bits per heavy atom. The zero-order valence-corrected chi connectivity index (χ0v) is 11.6. The number of amides is 1. The number of carbonyl (C=O) groups is 1. The van der Waals surface area contributed by atoms with Crippen molar-refractivity contribution in [1.82, 2.24) is 15.2 Å². The first-order chi connectivity index (χ1) is 9.63. The van der Waals surface area contributed by atoms with Crippen LogP contribution in [0.3, 0.4) is 0 Å². The number of H-pyrrole nitrogens is 1. The minimum Gasteiger partial charge on any atom is -0.366 e. The predicted octanol–water partition coefficient (Wildman–Crippen LogP) is 2.11. The number of halogens is 1. The maximum absolute atomic E-state index is 13.0. The van der Waals surface area contributed by atoms with Gasteiger partial charge in [0.15, 0.2) is 0 Å². The Hall–Kier alpha value is -2.14. The minimum absolute atomic E-state index is 0.0548. The fraction of sp³-hybridized carbons (Fsp3) is 0.267. The second-order valence-corrected chi connectivity index (χ2v) is 4.62. The van der Waals surface area contributed by atoms with E-state index in [1.54, 1.807) is 36.5 Å². The molecule has 4 nitrogen and oxygen atoms in total. The number of likely N-dealkylation sites (N-methyl/N-ethyl adjacent to an activating group) is 2. The average molecular weight is 275 g/mol. The molecule has 1 heterocycles. The van der Waals surface area contributed by atoms with E-state index in [1.165, 1.54) is 12.1 Å². The molecule has 1 amide bonds. The van der Waals surface area contributed by atoms with Crippen molar-refractivity contribution >= 4 is 5.91 Å². The molecule has 20 heavy (non-hydrogen) atoms. The van der Waals surface area contributed by atoms with Gasteiger partial charge >= 0.3 is 0 Å². The van der Waals surface area contributed by atoms with Crippen LogP contribution in [0.1, 0.15) is 10.4 Å². The zero-order valence-electron chi connectivity index (χ0n) is 11.6. The van der Waals surface area contributed by atoms with Gasteiger partial charge in [-0.15, -0.1) is 0 Å². The van der Waals surface area contributed by atoms with Gasteiger partial charge in [0.25, 0.3) is 5.91 Å². The first-order valence-electron chi connectivity index (χ1n) is 6.46. The van der Waals surface area contributed by atoms with Crippen LogP contribution in [0, 0.1) is 5.82 Å². The average Bonchev–Trinajstić information content (AvgIpc) is 2.94. The molecule has 106 valence electrons. The Morgan fingerprint density at radius 2 is 2.00 bits per heavy atom. The van der Waals surface area contributed by atoms with Gasteiger partial charge in [-0.1, -0.05) is 12.1 Å². The molecule has 0 aliphatic rings.